The van der Waals surface area contributed by atoms with E-state index in [0.717, 1.165) is 0 Å². The molecule has 0 aliphatic carbocycles. The maximum atomic E-state index is 11.2. The van der Waals surface area contributed by atoms with E-state index in [9.17, 15) is 4.79 Å². The Morgan fingerprint density at radius 1 is 1.64 bits per heavy atom. The number of carbonyl (C=O) groups excluding carboxylic acids is 1. The van der Waals surface area contributed by atoms with Crippen LogP contribution in [0.5, 0.6) is 0 Å². The number of aromatic nitrogens is 2. The highest BCUT2D eigenvalue weighted by molar-refractivity contribution is 6.06. The number of hydrogen-bond acceptors (Lipinski definition) is 3. The van der Waals surface area contributed by atoms with Crippen molar-refractivity contribution in [2.45, 2.75) is 6.92 Å². The highest BCUT2D eigenvalue weighted by atomic mass is 16.1. The summed E-state index contributed by atoms with van der Waals surface area (Å²) < 4.78 is 0. The Morgan fingerprint density at radius 2 is 2.36 bits per heavy atom. The molecule has 0 aliphatic rings. The lowest BCUT2D eigenvalue weighted by Crippen LogP contribution is -2.01. The molecule has 0 N–H and O–H groups in total. The largest absolute Gasteiger partial charge is 0.287 e. The molecule has 56 valence electrons. The summed E-state index contributed by atoms with van der Waals surface area (Å²) in [4.78, 5) is 18.6. The fourth-order valence-electron chi connectivity index (χ4n) is 0.644. The molecule has 1 aromatic heterocycles. The van der Waals surface area contributed by atoms with Crippen molar-refractivity contribution in [1.29, 1.82) is 0 Å². The van der Waals surface area contributed by atoms with Gasteiger partial charge in [-0.2, -0.15) is 0 Å². The number of carbonyl (C=O) groups is 1. The van der Waals surface area contributed by atoms with Gasteiger partial charge in [-0.25, -0.2) is 9.97 Å². The molecule has 11 heavy (non-hydrogen) atoms. The summed E-state index contributed by atoms with van der Waals surface area (Å²) in [6.07, 6.45) is 2.87. The average molecular weight is 148 g/mol. The Hall–Kier alpha value is -1.51. The Kier molecular flexibility index (Phi) is 2.11. The molecule has 1 heterocycles. The molecule has 0 unspecified atom stereocenters. The first-order valence-electron chi connectivity index (χ1n) is 3.18. The molecule has 3 heteroatoms. The fourth-order valence-corrected chi connectivity index (χ4v) is 0.644. The van der Waals surface area contributed by atoms with E-state index in [1.807, 2.05) is 0 Å². The third-order valence-corrected chi connectivity index (χ3v) is 1.20. The topological polar surface area (TPSA) is 42.9 Å². The van der Waals surface area contributed by atoms with Gasteiger partial charge in [-0.15, -0.1) is 0 Å². The van der Waals surface area contributed by atoms with E-state index in [0.29, 0.717) is 11.3 Å². The Morgan fingerprint density at radius 3 is 2.82 bits per heavy atom. The summed E-state index contributed by atoms with van der Waals surface area (Å²) in [6.45, 7) is 5.18. The summed E-state index contributed by atoms with van der Waals surface area (Å²) >= 11 is 0. The van der Waals surface area contributed by atoms with Gasteiger partial charge in [0.25, 0.3) is 0 Å². The number of nitrogens with zero attached hydrogens (tertiary/aromatic N) is 2. The normalized spacial score (nSPS) is 9.18. The highest BCUT2D eigenvalue weighted by Crippen LogP contribution is 2.00. The van der Waals surface area contributed by atoms with Crippen molar-refractivity contribution < 1.29 is 4.79 Å². The summed E-state index contributed by atoms with van der Waals surface area (Å²) in [5.74, 6) is -0.132. The van der Waals surface area contributed by atoms with E-state index in [2.05, 4.69) is 16.5 Å². The van der Waals surface area contributed by atoms with Gasteiger partial charge in [-0.1, -0.05) is 6.58 Å². The van der Waals surface area contributed by atoms with Gasteiger partial charge in [0.05, 0.1) is 0 Å². The number of Topliss-reactive ketones (excluding diaryl/α,β-unsaturated/α-hetero) is 1. The number of rotatable bonds is 2. The minimum atomic E-state index is -0.132. The van der Waals surface area contributed by atoms with Crippen molar-refractivity contribution in [2.24, 2.45) is 0 Å². The predicted octanol–water partition coefficient (Wildman–Crippen LogP) is 1.24. The van der Waals surface area contributed by atoms with Crippen LogP contribution in [0.1, 0.15) is 17.4 Å². The van der Waals surface area contributed by atoms with Crippen LogP contribution in [0.2, 0.25) is 0 Å². The first kappa shape index (κ1) is 7.60. The lowest BCUT2D eigenvalue weighted by Gasteiger charge is -1.95. The van der Waals surface area contributed by atoms with Crippen molar-refractivity contribution in [3.63, 3.8) is 0 Å². The standard InChI is InChI=1S/C8H8N2O/c1-6(2)8(11)7-3-4-9-5-10-7/h3-5H,1H2,2H3. The molecule has 0 spiro atoms. The number of allylic oxidation sites excluding steroid dienone is 1. The third-order valence-electron chi connectivity index (χ3n) is 1.20. The van der Waals surface area contributed by atoms with E-state index in [-0.39, 0.29) is 5.78 Å². The van der Waals surface area contributed by atoms with Gasteiger partial charge in [0.2, 0.25) is 5.78 Å². The van der Waals surface area contributed by atoms with Crippen LogP contribution in [0.3, 0.4) is 0 Å². The van der Waals surface area contributed by atoms with E-state index in [4.69, 9.17) is 0 Å². The maximum absolute atomic E-state index is 11.2. The van der Waals surface area contributed by atoms with Gasteiger partial charge in [-0.3, -0.25) is 4.79 Å². The minimum absolute atomic E-state index is 0.132. The Labute approximate surface area is 64.8 Å². The molecule has 1 rings (SSSR count). The molecule has 3 nitrogen and oxygen atoms in total. The molecule has 0 aliphatic heterocycles. The van der Waals surface area contributed by atoms with Crippen LogP contribution in [-0.4, -0.2) is 15.8 Å². The van der Waals surface area contributed by atoms with E-state index in [1.54, 1.807) is 13.0 Å². The zero-order chi connectivity index (χ0) is 8.27. The van der Waals surface area contributed by atoms with Crippen LogP contribution < -0.4 is 0 Å². The summed E-state index contributed by atoms with van der Waals surface area (Å²) in [7, 11) is 0. The molecule has 0 amide bonds. The molecule has 0 saturated heterocycles. The predicted molar refractivity (Wildman–Crippen MR) is 41.2 cm³/mol. The quantitative estimate of drug-likeness (QED) is 0.468. The van der Waals surface area contributed by atoms with Crippen LogP contribution >= 0.6 is 0 Å². The summed E-state index contributed by atoms with van der Waals surface area (Å²) in [5.41, 5.74) is 0.885. The molecule has 0 fully saturated rings. The van der Waals surface area contributed by atoms with Crippen molar-refractivity contribution in [1.82, 2.24) is 9.97 Å². The van der Waals surface area contributed by atoms with Crippen LogP contribution in [0.4, 0.5) is 0 Å². The van der Waals surface area contributed by atoms with E-state index < -0.39 is 0 Å². The van der Waals surface area contributed by atoms with Crippen LogP contribution in [0, 0.1) is 0 Å². The second-order valence-electron chi connectivity index (χ2n) is 2.20. The Bertz CT molecular complexity index is 279. The molecular formula is C8H8N2O. The number of hydrogen-bond donors (Lipinski definition) is 0. The molecule has 0 bridgehead atoms. The second-order valence-corrected chi connectivity index (χ2v) is 2.20. The molecule has 0 atom stereocenters. The lowest BCUT2D eigenvalue weighted by atomic mass is 10.1. The Balaban J connectivity index is 2.95. The molecule has 1 aromatic rings. The van der Waals surface area contributed by atoms with Gasteiger partial charge in [0.15, 0.2) is 0 Å². The molecule has 0 saturated carbocycles. The SMILES string of the molecule is C=C(C)C(=O)c1ccncn1. The highest BCUT2D eigenvalue weighted by Gasteiger charge is 2.05. The lowest BCUT2D eigenvalue weighted by molar-refractivity contribution is 0.103. The molecule has 0 aromatic carbocycles. The molecule has 0 radical (unpaired) electrons. The first-order chi connectivity index (χ1) is 5.22. The first-order valence-corrected chi connectivity index (χ1v) is 3.18. The maximum Gasteiger partial charge on any atom is 0.206 e. The second kappa shape index (κ2) is 3.05. The van der Waals surface area contributed by atoms with Crippen LogP contribution in [-0.2, 0) is 0 Å². The van der Waals surface area contributed by atoms with Crippen molar-refractivity contribution in [3.8, 4) is 0 Å². The summed E-state index contributed by atoms with van der Waals surface area (Å²) in [6, 6.07) is 1.57. The van der Waals surface area contributed by atoms with Crippen molar-refractivity contribution >= 4 is 5.78 Å². The smallest absolute Gasteiger partial charge is 0.206 e. The average Bonchev–Trinajstić information content (AvgIpc) is 2.05. The van der Waals surface area contributed by atoms with Gasteiger partial charge < -0.3 is 0 Å². The minimum Gasteiger partial charge on any atom is -0.287 e. The number of ketones is 1. The van der Waals surface area contributed by atoms with Gasteiger partial charge in [-0.05, 0) is 18.6 Å². The third kappa shape index (κ3) is 1.70. The monoisotopic (exact) mass is 148 g/mol. The van der Waals surface area contributed by atoms with Gasteiger partial charge in [0, 0.05) is 6.20 Å². The van der Waals surface area contributed by atoms with Crippen molar-refractivity contribution in [2.75, 3.05) is 0 Å². The van der Waals surface area contributed by atoms with E-state index >= 15 is 0 Å². The van der Waals surface area contributed by atoms with Gasteiger partial charge >= 0.3 is 0 Å². The molecular weight excluding hydrogens is 140 g/mol. The summed E-state index contributed by atoms with van der Waals surface area (Å²) in [5, 5.41) is 0. The zero-order valence-corrected chi connectivity index (χ0v) is 6.24. The zero-order valence-electron chi connectivity index (χ0n) is 6.24. The van der Waals surface area contributed by atoms with Gasteiger partial charge in [0.1, 0.15) is 12.0 Å². The fraction of sp³-hybridized carbons (Fsp3) is 0.125. The van der Waals surface area contributed by atoms with Crippen LogP contribution in [0.15, 0.2) is 30.7 Å². The van der Waals surface area contributed by atoms with Crippen molar-refractivity contribution in [3.05, 3.63) is 36.4 Å². The van der Waals surface area contributed by atoms with Crippen LogP contribution in [0.25, 0.3) is 0 Å². The van der Waals surface area contributed by atoms with E-state index in [1.165, 1.54) is 12.5 Å².